The maximum Gasteiger partial charge on any atom is 0.259 e. The van der Waals surface area contributed by atoms with Crippen LogP contribution in [0.5, 0.6) is 0 Å². The highest BCUT2D eigenvalue weighted by atomic mass is 16.2. The molecule has 0 aromatic carbocycles. The second-order valence-corrected chi connectivity index (χ2v) is 5.73. The van der Waals surface area contributed by atoms with Crippen LogP contribution in [0.4, 0.5) is 0 Å². The van der Waals surface area contributed by atoms with Crippen molar-refractivity contribution in [1.29, 1.82) is 0 Å². The van der Waals surface area contributed by atoms with E-state index in [9.17, 15) is 9.59 Å². The molecule has 1 aliphatic rings. The summed E-state index contributed by atoms with van der Waals surface area (Å²) in [7, 11) is 0. The van der Waals surface area contributed by atoms with E-state index < -0.39 is 0 Å². The van der Waals surface area contributed by atoms with Gasteiger partial charge in [-0.05, 0) is 24.7 Å². The fourth-order valence-electron chi connectivity index (χ4n) is 2.38. The van der Waals surface area contributed by atoms with E-state index in [0.717, 1.165) is 32.4 Å². The van der Waals surface area contributed by atoms with Crippen LogP contribution in [0.1, 0.15) is 43.5 Å². The molecule has 0 spiro atoms. The predicted molar refractivity (Wildman–Crippen MR) is 70.6 cm³/mol. The van der Waals surface area contributed by atoms with Crippen LogP contribution in [0.2, 0.25) is 0 Å². The molecule has 1 fully saturated rings. The van der Waals surface area contributed by atoms with Crippen molar-refractivity contribution < 1.29 is 4.79 Å². The molecule has 18 heavy (non-hydrogen) atoms. The van der Waals surface area contributed by atoms with Gasteiger partial charge in [-0.15, -0.1) is 0 Å². The van der Waals surface area contributed by atoms with Crippen molar-refractivity contribution in [3.8, 4) is 0 Å². The quantitative estimate of drug-likeness (QED) is 0.826. The Labute approximate surface area is 107 Å². The zero-order valence-electron chi connectivity index (χ0n) is 11.0. The molecule has 0 bridgehead atoms. The van der Waals surface area contributed by atoms with Gasteiger partial charge >= 0.3 is 0 Å². The molecule has 4 heteroatoms. The average Bonchev–Trinajstić information content (AvgIpc) is 2.50. The number of rotatable bonds is 1. The van der Waals surface area contributed by atoms with Crippen LogP contribution in [0.3, 0.4) is 0 Å². The zero-order chi connectivity index (χ0) is 13.2. The van der Waals surface area contributed by atoms with Crippen molar-refractivity contribution in [3.63, 3.8) is 0 Å². The summed E-state index contributed by atoms with van der Waals surface area (Å²) >= 11 is 0. The Morgan fingerprint density at radius 2 is 2.11 bits per heavy atom. The summed E-state index contributed by atoms with van der Waals surface area (Å²) in [5.74, 6) is -0.144. The van der Waals surface area contributed by atoms with Gasteiger partial charge < -0.3 is 9.88 Å². The van der Waals surface area contributed by atoms with E-state index in [-0.39, 0.29) is 22.3 Å². The number of hydrogen-bond donors (Lipinski definition) is 1. The number of aromatic nitrogens is 1. The number of likely N-dealkylation sites (tertiary alicyclic amines) is 1. The third-order valence-corrected chi connectivity index (χ3v) is 3.68. The summed E-state index contributed by atoms with van der Waals surface area (Å²) in [6.07, 6.45) is 6.17. The minimum absolute atomic E-state index is 0.144. The summed E-state index contributed by atoms with van der Waals surface area (Å²) in [6, 6.07) is 1.40. The van der Waals surface area contributed by atoms with Crippen LogP contribution in [0, 0.1) is 5.41 Å². The van der Waals surface area contributed by atoms with Gasteiger partial charge in [0.05, 0.1) is 0 Å². The molecule has 0 unspecified atom stereocenters. The number of nitrogens with one attached hydrogen (secondary N) is 1. The van der Waals surface area contributed by atoms with Crippen molar-refractivity contribution in [3.05, 3.63) is 34.2 Å². The van der Waals surface area contributed by atoms with Crippen LogP contribution in [-0.2, 0) is 0 Å². The fourth-order valence-corrected chi connectivity index (χ4v) is 2.38. The lowest BCUT2D eigenvalue weighted by molar-refractivity contribution is 0.0755. The number of H-pyrrole nitrogens is 1. The molecule has 1 aromatic heterocycles. The van der Waals surface area contributed by atoms with E-state index in [0.29, 0.717) is 0 Å². The standard InChI is InChI=1S/C14H20N2O2/c1-14(2)5-3-8-16(9-6-14)13(18)11-10-15-7-4-12(11)17/h4,7,10H,3,5-6,8-9H2,1-2H3,(H,15,17). The van der Waals surface area contributed by atoms with E-state index in [1.54, 1.807) is 11.1 Å². The Bertz CT molecular complexity index is 491. The summed E-state index contributed by atoms with van der Waals surface area (Å²) in [5.41, 5.74) is 0.331. The van der Waals surface area contributed by atoms with E-state index >= 15 is 0 Å². The Balaban J connectivity index is 2.15. The lowest BCUT2D eigenvalue weighted by Crippen LogP contribution is -2.35. The minimum Gasteiger partial charge on any atom is -0.367 e. The minimum atomic E-state index is -0.206. The van der Waals surface area contributed by atoms with Gasteiger partial charge in [-0.2, -0.15) is 0 Å². The van der Waals surface area contributed by atoms with Crippen LogP contribution in [0.15, 0.2) is 23.3 Å². The Morgan fingerprint density at radius 1 is 1.33 bits per heavy atom. The molecule has 1 aromatic rings. The second kappa shape index (κ2) is 4.96. The van der Waals surface area contributed by atoms with Crippen molar-refractivity contribution in [2.45, 2.75) is 33.1 Å². The summed E-state index contributed by atoms with van der Waals surface area (Å²) in [4.78, 5) is 28.6. The van der Waals surface area contributed by atoms with Crippen molar-refractivity contribution in [1.82, 2.24) is 9.88 Å². The Morgan fingerprint density at radius 3 is 2.83 bits per heavy atom. The topological polar surface area (TPSA) is 53.2 Å². The molecule has 1 aliphatic heterocycles. The highest BCUT2D eigenvalue weighted by molar-refractivity contribution is 5.93. The highest BCUT2D eigenvalue weighted by Gasteiger charge is 2.26. The maximum atomic E-state index is 12.3. The van der Waals surface area contributed by atoms with E-state index in [4.69, 9.17) is 0 Å². The molecule has 1 N–H and O–H groups in total. The number of nitrogens with zero attached hydrogens (tertiary/aromatic N) is 1. The second-order valence-electron chi connectivity index (χ2n) is 5.73. The number of hydrogen-bond acceptors (Lipinski definition) is 2. The summed E-state index contributed by atoms with van der Waals surface area (Å²) < 4.78 is 0. The van der Waals surface area contributed by atoms with Crippen LogP contribution in [-0.4, -0.2) is 28.9 Å². The van der Waals surface area contributed by atoms with Gasteiger partial charge in [0.2, 0.25) is 0 Å². The zero-order valence-corrected chi connectivity index (χ0v) is 11.0. The first kappa shape index (κ1) is 12.9. The molecule has 0 saturated carbocycles. The summed E-state index contributed by atoms with van der Waals surface area (Å²) in [5, 5.41) is 0. The molecular weight excluding hydrogens is 228 g/mol. The molecule has 4 nitrogen and oxygen atoms in total. The Kier molecular flexibility index (Phi) is 3.55. The lowest BCUT2D eigenvalue weighted by atomic mass is 9.85. The van der Waals surface area contributed by atoms with Crippen LogP contribution in [0.25, 0.3) is 0 Å². The molecule has 1 saturated heterocycles. The monoisotopic (exact) mass is 248 g/mol. The number of carbonyl (C=O) groups is 1. The third-order valence-electron chi connectivity index (χ3n) is 3.68. The van der Waals surface area contributed by atoms with Crippen LogP contribution < -0.4 is 5.43 Å². The van der Waals surface area contributed by atoms with Crippen molar-refractivity contribution in [2.24, 2.45) is 5.41 Å². The van der Waals surface area contributed by atoms with Crippen LogP contribution >= 0.6 is 0 Å². The summed E-state index contributed by atoms with van der Waals surface area (Å²) in [6.45, 7) is 5.95. The average molecular weight is 248 g/mol. The van der Waals surface area contributed by atoms with Gasteiger partial charge in [-0.25, -0.2) is 0 Å². The SMILES string of the molecule is CC1(C)CCCN(C(=O)c2c[nH]ccc2=O)CC1. The number of pyridine rings is 1. The first-order valence-corrected chi connectivity index (χ1v) is 6.46. The molecule has 2 heterocycles. The van der Waals surface area contributed by atoms with Crippen molar-refractivity contribution >= 4 is 5.91 Å². The molecule has 98 valence electrons. The van der Waals surface area contributed by atoms with Gasteiger partial charge in [0.25, 0.3) is 5.91 Å². The maximum absolute atomic E-state index is 12.3. The number of amides is 1. The number of carbonyl (C=O) groups excluding carboxylic acids is 1. The first-order chi connectivity index (χ1) is 8.49. The normalized spacial score (nSPS) is 19.3. The smallest absolute Gasteiger partial charge is 0.259 e. The largest absolute Gasteiger partial charge is 0.367 e. The predicted octanol–water partition coefficient (Wildman–Crippen LogP) is 2.03. The number of aromatic amines is 1. The molecule has 1 amide bonds. The van der Waals surface area contributed by atoms with Gasteiger partial charge in [0.15, 0.2) is 5.43 Å². The van der Waals surface area contributed by atoms with E-state index in [1.807, 2.05) is 0 Å². The first-order valence-electron chi connectivity index (χ1n) is 6.46. The fraction of sp³-hybridized carbons (Fsp3) is 0.571. The molecule has 0 atom stereocenters. The van der Waals surface area contributed by atoms with E-state index in [1.165, 1.54) is 12.3 Å². The molecular formula is C14H20N2O2. The molecule has 0 aliphatic carbocycles. The van der Waals surface area contributed by atoms with E-state index in [2.05, 4.69) is 18.8 Å². The van der Waals surface area contributed by atoms with Crippen molar-refractivity contribution in [2.75, 3.05) is 13.1 Å². The lowest BCUT2D eigenvalue weighted by Gasteiger charge is -2.23. The molecule has 0 radical (unpaired) electrons. The highest BCUT2D eigenvalue weighted by Crippen LogP contribution is 2.29. The van der Waals surface area contributed by atoms with Gasteiger partial charge in [-0.3, -0.25) is 9.59 Å². The Hall–Kier alpha value is -1.58. The molecule has 2 rings (SSSR count). The van der Waals surface area contributed by atoms with Gasteiger partial charge in [-0.1, -0.05) is 13.8 Å². The van der Waals surface area contributed by atoms with Gasteiger partial charge in [0.1, 0.15) is 5.56 Å². The third kappa shape index (κ3) is 2.81. The van der Waals surface area contributed by atoms with Gasteiger partial charge in [0, 0.05) is 31.5 Å².